The lowest BCUT2D eigenvalue weighted by Crippen LogP contribution is -2.43. The predicted octanol–water partition coefficient (Wildman–Crippen LogP) is 5.32. The summed E-state index contributed by atoms with van der Waals surface area (Å²) in [5, 5.41) is 20.3. The van der Waals surface area contributed by atoms with Gasteiger partial charge < -0.3 is 14.6 Å². The van der Waals surface area contributed by atoms with Crippen LogP contribution in [-0.2, 0) is 21.6 Å². The molecule has 31 heavy (non-hydrogen) atoms. The van der Waals surface area contributed by atoms with E-state index in [4.69, 9.17) is 9.53 Å². The summed E-state index contributed by atoms with van der Waals surface area (Å²) in [7, 11) is -1.91. The quantitative estimate of drug-likeness (QED) is 0.384. The lowest BCUT2D eigenvalue weighted by Gasteiger charge is -2.36. The molecule has 0 saturated carbocycles. The van der Waals surface area contributed by atoms with Crippen LogP contribution >= 0.6 is 0 Å². The van der Waals surface area contributed by atoms with Crippen molar-refractivity contribution >= 4 is 20.1 Å². The summed E-state index contributed by atoms with van der Waals surface area (Å²) in [6.45, 7) is 11.0. The lowest BCUT2D eigenvalue weighted by molar-refractivity contribution is -0.141. The lowest BCUT2D eigenvalue weighted by atomic mass is 9.83. The van der Waals surface area contributed by atoms with Gasteiger partial charge in [0.15, 0.2) is 0 Å². The molecule has 5 nitrogen and oxygen atoms in total. The monoisotopic (exact) mass is 442 g/mol. The molecule has 2 rings (SSSR count). The largest absolute Gasteiger partial charge is 0.544 e. The van der Waals surface area contributed by atoms with Crippen molar-refractivity contribution in [1.29, 1.82) is 0 Å². The van der Waals surface area contributed by atoms with Gasteiger partial charge in [-0.2, -0.15) is 0 Å². The first kappa shape index (κ1) is 24.8. The second-order valence-electron chi connectivity index (χ2n) is 9.69. The molecule has 0 radical (unpaired) electrons. The maximum absolute atomic E-state index is 12.2. The van der Waals surface area contributed by atoms with Gasteiger partial charge in [-0.15, -0.1) is 0 Å². The maximum Gasteiger partial charge on any atom is 0.310 e. The standard InChI is InChI=1S/C25H34O5Si/c1-24(2,3)31(4,5)30-22-13-11-19(12-14-22)15-16-25(29,18-21(26)17-23(27)28)20-9-7-6-8-10-20/h6-14,29H,15-18H2,1-5H3,(H,27,28). The summed E-state index contributed by atoms with van der Waals surface area (Å²) in [4.78, 5) is 23.1. The molecule has 0 aliphatic carbocycles. The van der Waals surface area contributed by atoms with Crippen molar-refractivity contribution in [3.05, 3.63) is 65.7 Å². The second kappa shape index (κ2) is 9.79. The fourth-order valence-corrected chi connectivity index (χ4v) is 4.20. The second-order valence-corrected chi connectivity index (χ2v) is 14.4. The number of carbonyl (C=O) groups excluding carboxylic acids is 1. The van der Waals surface area contributed by atoms with Crippen LogP contribution < -0.4 is 4.43 Å². The van der Waals surface area contributed by atoms with Crippen molar-refractivity contribution < 1.29 is 24.2 Å². The van der Waals surface area contributed by atoms with E-state index in [0.717, 1.165) is 11.3 Å². The molecular weight excluding hydrogens is 408 g/mol. The van der Waals surface area contributed by atoms with Crippen molar-refractivity contribution in [1.82, 2.24) is 0 Å². The van der Waals surface area contributed by atoms with Crippen LogP contribution in [0.1, 0.15) is 51.2 Å². The summed E-state index contributed by atoms with van der Waals surface area (Å²) in [6, 6.07) is 16.8. The van der Waals surface area contributed by atoms with E-state index in [1.807, 2.05) is 30.3 Å². The van der Waals surface area contributed by atoms with Gasteiger partial charge in [0.2, 0.25) is 8.32 Å². The number of Topliss-reactive ketones (excluding diaryl/α,β-unsaturated/α-hetero) is 1. The van der Waals surface area contributed by atoms with E-state index < -0.39 is 32.1 Å². The van der Waals surface area contributed by atoms with E-state index in [-0.39, 0.29) is 11.5 Å². The van der Waals surface area contributed by atoms with E-state index in [1.54, 1.807) is 24.3 Å². The average molecular weight is 443 g/mol. The minimum absolute atomic E-state index is 0.111. The highest BCUT2D eigenvalue weighted by atomic mass is 28.4. The molecule has 1 unspecified atom stereocenters. The predicted molar refractivity (Wildman–Crippen MR) is 125 cm³/mol. The number of hydrogen-bond donors (Lipinski definition) is 2. The average Bonchev–Trinajstić information content (AvgIpc) is 2.66. The number of rotatable bonds is 10. The van der Waals surface area contributed by atoms with Gasteiger partial charge >= 0.3 is 5.97 Å². The molecule has 0 heterocycles. The molecule has 2 aromatic carbocycles. The Morgan fingerprint density at radius 3 is 2.06 bits per heavy atom. The summed E-state index contributed by atoms with van der Waals surface area (Å²) in [6.07, 6.45) is 0.0431. The highest BCUT2D eigenvalue weighted by molar-refractivity contribution is 6.74. The molecule has 0 amide bonds. The normalized spacial score (nSPS) is 14.0. The summed E-state index contributed by atoms with van der Waals surface area (Å²) >= 11 is 0. The van der Waals surface area contributed by atoms with Gasteiger partial charge in [0.25, 0.3) is 0 Å². The highest BCUT2D eigenvalue weighted by Crippen LogP contribution is 2.37. The van der Waals surface area contributed by atoms with Gasteiger partial charge in [-0.05, 0) is 54.2 Å². The van der Waals surface area contributed by atoms with Crippen LogP contribution in [0.2, 0.25) is 18.1 Å². The first-order valence-corrected chi connectivity index (χ1v) is 13.5. The Bertz CT molecular complexity index is 884. The summed E-state index contributed by atoms with van der Waals surface area (Å²) in [5.74, 6) is -0.833. The Kier molecular flexibility index (Phi) is 7.84. The Labute approximate surface area is 186 Å². The van der Waals surface area contributed by atoms with E-state index in [9.17, 15) is 14.7 Å². The highest BCUT2D eigenvalue weighted by Gasteiger charge is 2.39. The molecule has 0 spiro atoms. The minimum Gasteiger partial charge on any atom is -0.544 e. The van der Waals surface area contributed by atoms with Crippen LogP contribution in [0.25, 0.3) is 0 Å². The Morgan fingerprint density at radius 1 is 0.968 bits per heavy atom. The van der Waals surface area contributed by atoms with Crippen molar-refractivity contribution in [2.24, 2.45) is 0 Å². The van der Waals surface area contributed by atoms with Gasteiger partial charge in [0.1, 0.15) is 18.0 Å². The fourth-order valence-electron chi connectivity index (χ4n) is 3.16. The first-order valence-electron chi connectivity index (χ1n) is 10.6. The molecule has 0 aliphatic rings. The van der Waals surface area contributed by atoms with Crippen LogP contribution in [0.3, 0.4) is 0 Å². The molecule has 0 aromatic heterocycles. The molecule has 6 heteroatoms. The molecular formula is C25H34O5Si. The number of benzene rings is 2. The number of aliphatic hydroxyl groups is 1. The smallest absolute Gasteiger partial charge is 0.310 e. The zero-order valence-corrected chi connectivity index (χ0v) is 20.1. The third-order valence-electron chi connectivity index (χ3n) is 6.08. The Balaban J connectivity index is 2.12. The molecule has 0 saturated heterocycles. The van der Waals surface area contributed by atoms with Crippen LogP contribution in [0.15, 0.2) is 54.6 Å². The summed E-state index contributed by atoms with van der Waals surface area (Å²) in [5.41, 5.74) is 0.221. The third kappa shape index (κ3) is 7.04. The number of ketones is 1. The molecule has 1 atom stereocenters. The topological polar surface area (TPSA) is 83.8 Å². The van der Waals surface area contributed by atoms with E-state index in [0.29, 0.717) is 18.4 Å². The van der Waals surface area contributed by atoms with E-state index in [1.165, 1.54) is 0 Å². The zero-order valence-electron chi connectivity index (χ0n) is 19.1. The molecule has 0 aliphatic heterocycles. The molecule has 0 bridgehead atoms. The number of carboxylic acid groups (broad SMARTS) is 1. The van der Waals surface area contributed by atoms with Crippen molar-refractivity contribution in [2.45, 2.75) is 70.2 Å². The molecule has 168 valence electrons. The molecule has 2 N–H and O–H groups in total. The van der Waals surface area contributed by atoms with Crippen LogP contribution in [0.4, 0.5) is 0 Å². The molecule has 0 fully saturated rings. The summed E-state index contributed by atoms with van der Waals surface area (Å²) < 4.78 is 6.31. The Morgan fingerprint density at radius 2 is 1.55 bits per heavy atom. The van der Waals surface area contributed by atoms with E-state index in [2.05, 4.69) is 33.9 Å². The SMILES string of the molecule is CC(C)(C)[Si](C)(C)Oc1ccc(CCC(O)(CC(=O)CC(=O)O)c2ccccc2)cc1. The maximum atomic E-state index is 12.2. The van der Waals surface area contributed by atoms with Gasteiger partial charge in [-0.1, -0.05) is 63.2 Å². The number of aryl methyl sites for hydroxylation is 1. The number of hydrogen-bond acceptors (Lipinski definition) is 4. The van der Waals surface area contributed by atoms with Crippen molar-refractivity contribution in [3.8, 4) is 5.75 Å². The fraction of sp³-hybridized carbons (Fsp3) is 0.440. The number of aliphatic carboxylic acids is 1. The number of carbonyl (C=O) groups is 2. The van der Waals surface area contributed by atoms with Gasteiger partial charge in [-0.3, -0.25) is 9.59 Å². The number of carboxylic acids is 1. The zero-order chi connectivity index (χ0) is 23.3. The minimum atomic E-state index is -1.91. The Hall–Kier alpha value is -2.44. The van der Waals surface area contributed by atoms with Crippen LogP contribution in [-0.4, -0.2) is 30.3 Å². The van der Waals surface area contributed by atoms with Crippen LogP contribution in [0.5, 0.6) is 5.75 Å². The van der Waals surface area contributed by atoms with Crippen molar-refractivity contribution in [3.63, 3.8) is 0 Å². The van der Waals surface area contributed by atoms with Gasteiger partial charge in [0, 0.05) is 6.42 Å². The van der Waals surface area contributed by atoms with Gasteiger partial charge in [-0.25, -0.2) is 0 Å². The van der Waals surface area contributed by atoms with Crippen LogP contribution in [0, 0.1) is 0 Å². The first-order chi connectivity index (χ1) is 14.3. The van der Waals surface area contributed by atoms with E-state index >= 15 is 0 Å². The molecule has 2 aromatic rings. The third-order valence-corrected chi connectivity index (χ3v) is 10.4. The van der Waals surface area contributed by atoms with Crippen molar-refractivity contribution in [2.75, 3.05) is 0 Å². The van der Waals surface area contributed by atoms with Gasteiger partial charge in [0.05, 0.1) is 5.60 Å².